The third kappa shape index (κ3) is 2.59. The van der Waals surface area contributed by atoms with Crippen LogP contribution in [0.2, 0.25) is 0 Å². The van der Waals surface area contributed by atoms with Crippen LogP contribution in [0.3, 0.4) is 0 Å². The van der Waals surface area contributed by atoms with Crippen LogP contribution < -0.4 is 5.32 Å². The molecule has 2 rings (SSSR count). The van der Waals surface area contributed by atoms with E-state index in [9.17, 15) is 0 Å². The summed E-state index contributed by atoms with van der Waals surface area (Å²) >= 11 is 3.56. The SMILES string of the molecule is Cc1ccnc(NC2CC=CCC2)c1Br. The van der Waals surface area contributed by atoms with Crippen molar-refractivity contribution >= 4 is 21.7 Å². The molecule has 0 amide bonds. The minimum Gasteiger partial charge on any atom is -0.366 e. The molecule has 1 N–H and O–H groups in total. The van der Waals surface area contributed by atoms with Gasteiger partial charge in [-0.15, -0.1) is 0 Å². The van der Waals surface area contributed by atoms with Crippen LogP contribution in [0.4, 0.5) is 5.82 Å². The lowest BCUT2D eigenvalue weighted by molar-refractivity contribution is 0.641. The highest BCUT2D eigenvalue weighted by atomic mass is 79.9. The molecule has 0 bridgehead atoms. The molecule has 0 aromatic carbocycles. The van der Waals surface area contributed by atoms with E-state index in [1.54, 1.807) is 0 Å². The van der Waals surface area contributed by atoms with E-state index >= 15 is 0 Å². The number of rotatable bonds is 2. The lowest BCUT2D eigenvalue weighted by Gasteiger charge is -2.20. The lowest BCUT2D eigenvalue weighted by Crippen LogP contribution is -2.21. The first-order valence-electron chi connectivity index (χ1n) is 5.30. The first-order chi connectivity index (χ1) is 7.27. The molecule has 0 aliphatic heterocycles. The second-order valence-corrected chi connectivity index (χ2v) is 4.71. The maximum Gasteiger partial charge on any atom is 0.140 e. The number of hydrogen-bond donors (Lipinski definition) is 1. The van der Waals surface area contributed by atoms with Gasteiger partial charge in [0, 0.05) is 12.2 Å². The third-order valence-corrected chi connectivity index (χ3v) is 3.69. The summed E-state index contributed by atoms with van der Waals surface area (Å²) < 4.78 is 1.08. The van der Waals surface area contributed by atoms with Gasteiger partial charge in [0.25, 0.3) is 0 Å². The van der Waals surface area contributed by atoms with Crippen molar-refractivity contribution in [2.45, 2.75) is 32.2 Å². The molecule has 1 heterocycles. The zero-order valence-electron chi connectivity index (χ0n) is 8.83. The minimum atomic E-state index is 0.528. The maximum atomic E-state index is 4.35. The fourth-order valence-electron chi connectivity index (χ4n) is 1.76. The maximum absolute atomic E-state index is 4.35. The normalized spacial score (nSPS) is 20.3. The van der Waals surface area contributed by atoms with Crippen LogP contribution in [0.5, 0.6) is 0 Å². The van der Waals surface area contributed by atoms with Gasteiger partial charge < -0.3 is 5.32 Å². The molecule has 3 heteroatoms. The molecule has 1 aromatic heterocycles. The van der Waals surface area contributed by atoms with E-state index < -0.39 is 0 Å². The standard InChI is InChI=1S/C12H15BrN2/c1-9-7-8-14-12(11(9)13)15-10-5-3-2-4-6-10/h2-3,7-8,10H,4-6H2,1H3,(H,14,15). The van der Waals surface area contributed by atoms with Crippen molar-refractivity contribution in [3.05, 3.63) is 34.5 Å². The number of hydrogen-bond acceptors (Lipinski definition) is 2. The fourth-order valence-corrected chi connectivity index (χ4v) is 2.11. The Hall–Kier alpha value is -0.830. The quantitative estimate of drug-likeness (QED) is 0.827. The Balaban J connectivity index is 2.10. The summed E-state index contributed by atoms with van der Waals surface area (Å²) in [5.74, 6) is 0.968. The number of aromatic nitrogens is 1. The monoisotopic (exact) mass is 266 g/mol. The summed E-state index contributed by atoms with van der Waals surface area (Å²) in [6, 6.07) is 2.54. The Labute approximate surface area is 98.9 Å². The molecule has 1 atom stereocenters. The molecule has 1 unspecified atom stereocenters. The summed E-state index contributed by atoms with van der Waals surface area (Å²) in [5, 5.41) is 3.48. The van der Waals surface area contributed by atoms with E-state index in [1.165, 1.54) is 18.4 Å². The van der Waals surface area contributed by atoms with E-state index in [4.69, 9.17) is 0 Å². The van der Waals surface area contributed by atoms with E-state index in [2.05, 4.69) is 45.3 Å². The van der Waals surface area contributed by atoms with Crippen LogP contribution >= 0.6 is 15.9 Å². The molecule has 0 radical (unpaired) electrons. The summed E-state index contributed by atoms with van der Waals surface area (Å²) in [6.45, 7) is 2.08. The Kier molecular flexibility index (Phi) is 3.41. The van der Waals surface area contributed by atoms with Gasteiger partial charge in [-0.3, -0.25) is 0 Å². The van der Waals surface area contributed by atoms with Crippen LogP contribution in [-0.4, -0.2) is 11.0 Å². The molecular formula is C12H15BrN2. The van der Waals surface area contributed by atoms with Gasteiger partial charge in [-0.2, -0.15) is 0 Å². The molecule has 1 aliphatic carbocycles. The highest BCUT2D eigenvalue weighted by Crippen LogP contribution is 2.25. The van der Waals surface area contributed by atoms with E-state index in [0.717, 1.165) is 16.7 Å². The van der Waals surface area contributed by atoms with E-state index in [-0.39, 0.29) is 0 Å². The molecular weight excluding hydrogens is 252 g/mol. The Bertz CT molecular complexity index is 374. The van der Waals surface area contributed by atoms with Crippen LogP contribution in [0, 0.1) is 6.92 Å². The number of nitrogens with one attached hydrogen (secondary N) is 1. The van der Waals surface area contributed by atoms with Gasteiger partial charge >= 0.3 is 0 Å². The number of anilines is 1. The largest absolute Gasteiger partial charge is 0.366 e. The van der Waals surface area contributed by atoms with E-state index in [0.29, 0.717) is 6.04 Å². The van der Waals surface area contributed by atoms with Gasteiger partial charge in [-0.1, -0.05) is 12.2 Å². The molecule has 15 heavy (non-hydrogen) atoms. The van der Waals surface area contributed by atoms with E-state index in [1.807, 2.05) is 12.3 Å². The molecule has 1 aromatic rings. The Morgan fingerprint density at radius 2 is 2.33 bits per heavy atom. The predicted octanol–water partition coefficient (Wildman–Crippen LogP) is 3.67. The Morgan fingerprint density at radius 1 is 1.47 bits per heavy atom. The number of halogens is 1. The number of nitrogens with zero attached hydrogens (tertiary/aromatic N) is 1. The summed E-state index contributed by atoms with van der Waals surface area (Å²) in [7, 11) is 0. The molecule has 0 fully saturated rings. The van der Waals surface area contributed by atoms with Crippen LogP contribution in [0.25, 0.3) is 0 Å². The zero-order valence-corrected chi connectivity index (χ0v) is 10.4. The van der Waals surface area contributed by atoms with Crippen molar-refractivity contribution in [3.63, 3.8) is 0 Å². The average Bonchev–Trinajstić information content (AvgIpc) is 2.26. The predicted molar refractivity (Wildman–Crippen MR) is 67.1 cm³/mol. The van der Waals surface area contributed by atoms with Gasteiger partial charge in [0.1, 0.15) is 5.82 Å². The first-order valence-corrected chi connectivity index (χ1v) is 6.09. The van der Waals surface area contributed by atoms with Crippen molar-refractivity contribution in [3.8, 4) is 0 Å². The summed E-state index contributed by atoms with van der Waals surface area (Å²) in [6.07, 6.45) is 9.80. The average molecular weight is 267 g/mol. The highest BCUT2D eigenvalue weighted by Gasteiger charge is 2.12. The van der Waals surface area contributed by atoms with Crippen molar-refractivity contribution < 1.29 is 0 Å². The van der Waals surface area contributed by atoms with Gasteiger partial charge in [0.05, 0.1) is 4.47 Å². The van der Waals surface area contributed by atoms with Gasteiger partial charge in [0.15, 0.2) is 0 Å². The molecule has 0 saturated heterocycles. The molecule has 0 spiro atoms. The second-order valence-electron chi connectivity index (χ2n) is 3.92. The van der Waals surface area contributed by atoms with Crippen molar-refractivity contribution in [1.82, 2.24) is 4.98 Å². The molecule has 0 saturated carbocycles. The zero-order chi connectivity index (χ0) is 10.7. The van der Waals surface area contributed by atoms with Crippen LogP contribution in [0.1, 0.15) is 24.8 Å². The number of allylic oxidation sites excluding steroid dienone is 1. The van der Waals surface area contributed by atoms with Crippen LogP contribution in [0.15, 0.2) is 28.9 Å². The van der Waals surface area contributed by atoms with Gasteiger partial charge in [-0.25, -0.2) is 4.98 Å². The molecule has 1 aliphatic rings. The lowest BCUT2D eigenvalue weighted by atomic mass is 10.0. The molecule has 2 nitrogen and oxygen atoms in total. The number of aryl methyl sites for hydroxylation is 1. The topological polar surface area (TPSA) is 24.9 Å². The second kappa shape index (κ2) is 4.79. The summed E-state index contributed by atoms with van der Waals surface area (Å²) in [5.41, 5.74) is 1.22. The summed E-state index contributed by atoms with van der Waals surface area (Å²) in [4.78, 5) is 4.35. The highest BCUT2D eigenvalue weighted by molar-refractivity contribution is 9.10. The number of pyridine rings is 1. The van der Waals surface area contributed by atoms with Crippen molar-refractivity contribution in [2.75, 3.05) is 5.32 Å². The first kappa shape index (κ1) is 10.7. The van der Waals surface area contributed by atoms with Gasteiger partial charge in [0.2, 0.25) is 0 Å². The minimum absolute atomic E-state index is 0.528. The fraction of sp³-hybridized carbons (Fsp3) is 0.417. The third-order valence-electron chi connectivity index (χ3n) is 2.69. The van der Waals surface area contributed by atoms with Crippen molar-refractivity contribution in [1.29, 1.82) is 0 Å². The van der Waals surface area contributed by atoms with Crippen molar-refractivity contribution in [2.24, 2.45) is 0 Å². The van der Waals surface area contributed by atoms with Crippen LogP contribution in [-0.2, 0) is 0 Å². The Morgan fingerprint density at radius 3 is 3.07 bits per heavy atom. The smallest absolute Gasteiger partial charge is 0.140 e. The van der Waals surface area contributed by atoms with Gasteiger partial charge in [-0.05, 0) is 53.7 Å². The molecule has 80 valence electrons.